The lowest BCUT2D eigenvalue weighted by atomic mass is 10.2. The Morgan fingerprint density at radius 3 is 2.25 bits per heavy atom. The lowest BCUT2D eigenvalue weighted by Crippen LogP contribution is -2.05. The van der Waals surface area contributed by atoms with Gasteiger partial charge in [-0.3, -0.25) is 0 Å². The number of anilines is 1. The maximum atomic E-state index is 13.6. The van der Waals surface area contributed by atoms with Gasteiger partial charge in [0.2, 0.25) is 0 Å². The van der Waals surface area contributed by atoms with Crippen molar-refractivity contribution >= 4 is 5.69 Å². The number of nitrogen functional groups attached to an aromatic ring is 1. The minimum Gasteiger partial charge on any atom is -0.489 e. The Morgan fingerprint density at radius 2 is 1.65 bits per heavy atom. The minimum atomic E-state index is -4.39. The van der Waals surface area contributed by atoms with Crippen LogP contribution >= 0.6 is 0 Å². The summed E-state index contributed by atoms with van der Waals surface area (Å²) in [6, 6.07) is 8.67. The van der Waals surface area contributed by atoms with E-state index in [2.05, 4.69) is 0 Å². The highest BCUT2D eigenvalue weighted by atomic mass is 19.4. The molecule has 0 unspecified atom stereocenters. The Bertz CT molecular complexity index is 593. The summed E-state index contributed by atoms with van der Waals surface area (Å²) >= 11 is 0. The average Bonchev–Trinajstić information content (AvgIpc) is 2.40. The van der Waals surface area contributed by atoms with Crippen molar-refractivity contribution in [2.24, 2.45) is 0 Å². The van der Waals surface area contributed by atoms with Crippen molar-refractivity contribution in [1.82, 2.24) is 0 Å². The zero-order chi connectivity index (χ0) is 14.8. The molecule has 0 saturated carbocycles. The third kappa shape index (κ3) is 3.20. The standard InChI is InChI=1S/C14H11F4NO/c15-13-9(2-1-3-12(13)19)8-20-11-6-4-10(5-7-11)14(16,17)18/h1-7H,8,19H2. The lowest BCUT2D eigenvalue weighted by Gasteiger charge is -2.10. The Kier molecular flexibility index (Phi) is 3.83. The largest absolute Gasteiger partial charge is 0.489 e. The number of benzene rings is 2. The van der Waals surface area contributed by atoms with Gasteiger partial charge in [0.1, 0.15) is 12.4 Å². The zero-order valence-electron chi connectivity index (χ0n) is 10.2. The lowest BCUT2D eigenvalue weighted by molar-refractivity contribution is -0.137. The van der Waals surface area contributed by atoms with Crippen LogP contribution in [-0.2, 0) is 12.8 Å². The van der Waals surface area contributed by atoms with E-state index in [1.165, 1.54) is 24.3 Å². The van der Waals surface area contributed by atoms with E-state index in [0.717, 1.165) is 12.1 Å². The fourth-order valence-corrected chi connectivity index (χ4v) is 1.61. The van der Waals surface area contributed by atoms with Crippen LogP contribution in [0.25, 0.3) is 0 Å². The van der Waals surface area contributed by atoms with Crippen molar-refractivity contribution in [2.45, 2.75) is 12.8 Å². The third-order valence-electron chi connectivity index (χ3n) is 2.68. The highest BCUT2D eigenvalue weighted by Crippen LogP contribution is 2.30. The van der Waals surface area contributed by atoms with Crippen LogP contribution < -0.4 is 10.5 Å². The van der Waals surface area contributed by atoms with Gasteiger partial charge in [-0.2, -0.15) is 13.2 Å². The SMILES string of the molecule is Nc1cccc(COc2ccc(C(F)(F)F)cc2)c1F. The van der Waals surface area contributed by atoms with E-state index in [0.29, 0.717) is 0 Å². The van der Waals surface area contributed by atoms with Crippen LogP contribution in [0.3, 0.4) is 0 Å². The number of nitrogens with two attached hydrogens (primary N) is 1. The topological polar surface area (TPSA) is 35.2 Å². The summed E-state index contributed by atoms with van der Waals surface area (Å²) in [7, 11) is 0. The number of hydrogen-bond acceptors (Lipinski definition) is 2. The normalized spacial score (nSPS) is 11.4. The van der Waals surface area contributed by atoms with E-state index < -0.39 is 17.6 Å². The van der Waals surface area contributed by atoms with Crippen LogP contribution in [-0.4, -0.2) is 0 Å². The number of hydrogen-bond donors (Lipinski definition) is 1. The second-order valence-electron chi connectivity index (χ2n) is 4.13. The van der Waals surface area contributed by atoms with Gasteiger partial charge >= 0.3 is 6.18 Å². The molecule has 0 saturated heterocycles. The van der Waals surface area contributed by atoms with Crippen molar-refractivity contribution in [1.29, 1.82) is 0 Å². The molecular formula is C14H11F4NO. The van der Waals surface area contributed by atoms with Crippen molar-refractivity contribution in [3.8, 4) is 5.75 Å². The number of alkyl halides is 3. The van der Waals surface area contributed by atoms with Crippen LogP contribution in [0.1, 0.15) is 11.1 Å². The molecule has 0 spiro atoms. The Morgan fingerprint density at radius 1 is 1.00 bits per heavy atom. The molecule has 0 fully saturated rings. The zero-order valence-corrected chi connectivity index (χ0v) is 10.2. The molecule has 2 aromatic carbocycles. The second kappa shape index (κ2) is 5.40. The first kappa shape index (κ1) is 14.2. The molecule has 0 heterocycles. The van der Waals surface area contributed by atoms with E-state index in [4.69, 9.17) is 10.5 Å². The van der Waals surface area contributed by atoms with E-state index in [1.807, 2.05) is 0 Å². The summed E-state index contributed by atoms with van der Waals surface area (Å²) in [5, 5.41) is 0. The molecule has 0 amide bonds. The van der Waals surface area contributed by atoms with Crippen molar-refractivity contribution in [3.63, 3.8) is 0 Å². The van der Waals surface area contributed by atoms with Crippen LogP contribution in [0, 0.1) is 5.82 Å². The van der Waals surface area contributed by atoms with Crippen molar-refractivity contribution in [2.75, 3.05) is 5.73 Å². The highest BCUT2D eigenvalue weighted by Gasteiger charge is 2.30. The van der Waals surface area contributed by atoms with Gasteiger partial charge in [-0.15, -0.1) is 0 Å². The van der Waals surface area contributed by atoms with Gasteiger partial charge in [0.15, 0.2) is 5.82 Å². The summed E-state index contributed by atoms with van der Waals surface area (Å²) in [4.78, 5) is 0. The molecule has 0 aliphatic rings. The maximum Gasteiger partial charge on any atom is 0.416 e. The van der Waals surface area contributed by atoms with E-state index in [9.17, 15) is 17.6 Å². The van der Waals surface area contributed by atoms with Crippen LogP contribution in [0.15, 0.2) is 42.5 Å². The molecule has 0 aliphatic carbocycles. The van der Waals surface area contributed by atoms with Gasteiger partial charge in [-0.1, -0.05) is 12.1 Å². The highest BCUT2D eigenvalue weighted by molar-refractivity contribution is 5.42. The second-order valence-corrected chi connectivity index (χ2v) is 4.13. The van der Waals surface area contributed by atoms with Gasteiger partial charge in [0.25, 0.3) is 0 Å². The molecule has 0 aliphatic heterocycles. The molecule has 20 heavy (non-hydrogen) atoms. The van der Waals surface area contributed by atoms with Gasteiger partial charge in [-0.25, -0.2) is 4.39 Å². The molecule has 0 aromatic heterocycles. The molecule has 106 valence electrons. The van der Waals surface area contributed by atoms with Gasteiger partial charge in [0.05, 0.1) is 11.3 Å². The van der Waals surface area contributed by atoms with Gasteiger partial charge in [-0.05, 0) is 30.3 Å². The summed E-state index contributed by atoms with van der Waals surface area (Å²) in [6.07, 6.45) is -4.39. The minimum absolute atomic E-state index is 0.00137. The van der Waals surface area contributed by atoms with Crippen LogP contribution in [0.4, 0.5) is 23.2 Å². The number of ether oxygens (including phenoxy) is 1. The summed E-state index contributed by atoms with van der Waals surface area (Å²) in [5.41, 5.74) is 4.88. The molecule has 0 bridgehead atoms. The fraction of sp³-hybridized carbons (Fsp3) is 0.143. The fourth-order valence-electron chi connectivity index (χ4n) is 1.61. The monoisotopic (exact) mass is 285 g/mol. The van der Waals surface area contributed by atoms with Crippen LogP contribution in [0.5, 0.6) is 5.75 Å². The molecule has 0 radical (unpaired) electrons. The molecule has 2 nitrogen and oxygen atoms in total. The van der Waals surface area contributed by atoms with E-state index >= 15 is 0 Å². The summed E-state index contributed by atoms with van der Waals surface area (Å²) in [6.45, 7) is -0.109. The number of rotatable bonds is 3. The predicted octanol–water partition coefficient (Wildman–Crippen LogP) is 4.01. The average molecular weight is 285 g/mol. The quantitative estimate of drug-likeness (QED) is 0.683. The summed E-state index contributed by atoms with van der Waals surface area (Å²) in [5.74, 6) is -0.362. The van der Waals surface area contributed by atoms with Gasteiger partial charge in [0, 0.05) is 5.56 Å². The number of halogens is 4. The smallest absolute Gasteiger partial charge is 0.416 e. The predicted molar refractivity (Wildman–Crippen MR) is 66.6 cm³/mol. The molecule has 2 aromatic rings. The first-order chi connectivity index (χ1) is 9.38. The first-order valence-corrected chi connectivity index (χ1v) is 5.71. The molecule has 2 N–H and O–H groups in total. The van der Waals surface area contributed by atoms with Crippen molar-refractivity contribution < 1.29 is 22.3 Å². The van der Waals surface area contributed by atoms with Crippen molar-refractivity contribution in [3.05, 3.63) is 59.4 Å². The Labute approximate surface area is 112 Å². The Hall–Kier alpha value is -2.24. The van der Waals surface area contributed by atoms with Crippen LogP contribution in [0.2, 0.25) is 0 Å². The molecule has 0 atom stereocenters. The molecule has 2 rings (SSSR count). The van der Waals surface area contributed by atoms with Gasteiger partial charge < -0.3 is 10.5 Å². The molecular weight excluding hydrogens is 274 g/mol. The summed E-state index contributed by atoms with van der Waals surface area (Å²) < 4.78 is 55.9. The van der Waals surface area contributed by atoms with E-state index in [1.54, 1.807) is 6.07 Å². The third-order valence-corrected chi connectivity index (χ3v) is 2.68. The Balaban J connectivity index is 2.06. The maximum absolute atomic E-state index is 13.6. The van der Waals surface area contributed by atoms with E-state index in [-0.39, 0.29) is 23.6 Å². The molecule has 6 heteroatoms. The first-order valence-electron chi connectivity index (χ1n) is 5.71.